The molecule has 0 bridgehead atoms. The first-order valence-electron chi connectivity index (χ1n) is 10.9. The van der Waals surface area contributed by atoms with Gasteiger partial charge >= 0.3 is 0 Å². The Morgan fingerprint density at radius 3 is 2.82 bits per heavy atom. The van der Waals surface area contributed by atoms with Gasteiger partial charge in [0.15, 0.2) is 11.2 Å². The molecule has 8 nitrogen and oxygen atoms in total. The Balaban J connectivity index is 1.42. The first-order valence-corrected chi connectivity index (χ1v) is 10.9. The van der Waals surface area contributed by atoms with Crippen LogP contribution in [0.2, 0.25) is 0 Å². The minimum atomic E-state index is -0.359. The zero-order valence-electron chi connectivity index (χ0n) is 18.2. The minimum Gasteiger partial charge on any atom is -0.338 e. The molecule has 0 saturated carbocycles. The highest BCUT2D eigenvalue weighted by Crippen LogP contribution is 2.26. The van der Waals surface area contributed by atoms with Crippen molar-refractivity contribution in [1.29, 1.82) is 0 Å². The molecule has 1 N–H and O–H groups in total. The minimum absolute atomic E-state index is 0.0187. The Morgan fingerprint density at radius 1 is 1.21 bits per heavy atom. The van der Waals surface area contributed by atoms with Crippen molar-refractivity contribution in [2.24, 2.45) is 0 Å². The summed E-state index contributed by atoms with van der Waals surface area (Å²) in [5.74, 6) is 0.0895. The van der Waals surface area contributed by atoms with Gasteiger partial charge in [-0.1, -0.05) is 35.0 Å². The predicted octanol–water partition coefficient (Wildman–Crippen LogP) is 3.03. The molecule has 1 amide bonds. The van der Waals surface area contributed by atoms with E-state index in [1.807, 2.05) is 36.1 Å². The number of nitrogens with one attached hydrogen (secondary N) is 1. The molecule has 1 atom stereocenters. The van der Waals surface area contributed by atoms with Crippen molar-refractivity contribution in [3.63, 3.8) is 0 Å². The number of hydrogen-bond acceptors (Lipinski definition) is 5. The molecule has 0 unspecified atom stereocenters. The molecule has 1 saturated heterocycles. The van der Waals surface area contributed by atoms with Crippen LogP contribution in [0.3, 0.4) is 0 Å². The van der Waals surface area contributed by atoms with E-state index in [0.29, 0.717) is 36.7 Å². The number of hydrogen-bond donors (Lipinski definition) is 1. The van der Waals surface area contributed by atoms with E-state index in [-0.39, 0.29) is 28.7 Å². The van der Waals surface area contributed by atoms with Crippen molar-refractivity contribution in [3.05, 3.63) is 87.2 Å². The number of halogens is 1. The van der Waals surface area contributed by atoms with Crippen LogP contribution < -0.4 is 5.56 Å². The molecule has 4 aromatic rings. The van der Waals surface area contributed by atoms with Crippen molar-refractivity contribution >= 4 is 17.1 Å². The second kappa shape index (κ2) is 8.57. The molecule has 1 aliphatic rings. The number of aromatic nitrogens is 5. The molecule has 9 heteroatoms. The van der Waals surface area contributed by atoms with Crippen LogP contribution in [0.25, 0.3) is 11.2 Å². The Labute approximate surface area is 189 Å². The number of aromatic amines is 1. The molecule has 33 heavy (non-hydrogen) atoms. The molecule has 5 rings (SSSR count). The summed E-state index contributed by atoms with van der Waals surface area (Å²) < 4.78 is 14.8. The standard InChI is InChI=1S/C24H23FN6O2/c1-15-4-2-5-17(12-15)24(33)30-11-3-6-18(14-30)21-26-22-20(23(32)27-21)28-29-31(22)13-16-7-9-19(25)10-8-16/h2,4-5,7-10,12,18H,3,6,11,13-14H2,1H3,(H,26,27,32)/t18-/m1/s1. The van der Waals surface area contributed by atoms with Gasteiger partial charge in [-0.2, -0.15) is 0 Å². The van der Waals surface area contributed by atoms with Crippen molar-refractivity contribution < 1.29 is 9.18 Å². The van der Waals surface area contributed by atoms with E-state index < -0.39 is 0 Å². The number of carbonyl (C=O) groups is 1. The summed E-state index contributed by atoms with van der Waals surface area (Å²) in [7, 11) is 0. The molecule has 3 heterocycles. The van der Waals surface area contributed by atoms with Crippen molar-refractivity contribution in [2.45, 2.75) is 32.2 Å². The largest absolute Gasteiger partial charge is 0.338 e. The lowest BCUT2D eigenvalue weighted by Gasteiger charge is -2.32. The summed E-state index contributed by atoms with van der Waals surface area (Å²) in [5, 5.41) is 8.05. The Kier molecular flexibility index (Phi) is 5.45. The van der Waals surface area contributed by atoms with Crippen LogP contribution in [-0.4, -0.2) is 48.9 Å². The topological polar surface area (TPSA) is 96.8 Å². The van der Waals surface area contributed by atoms with Crippen LogP contribution in [0.4, 0.5) is 4.39 Å². The summed E-state index contributed by atoms with van der Waals surface area (Å²) >= 11 is 0. The number of rotatable bonds is 4. The number of H-pyrrole nitrogens is 1. The number of likely N-dealkylation sites (tertiary alicyclic amines) is 1. The van der Waals surface area contributed by atoms with Gasteiger partial charge in [0.2, 0.25) is 0 Å². The molecule has 1 aliphatic heterocycles. The third-order valence-electron chi connectivity index (χ3n) is 6.00. The van der Waals surface area contributed by atoms with Gasteiger partial charge in [0.05, 0.1) is 6.54 Å². The number of aryl methyl sites for hydroxylation is 1. The van der Waals surface area contributed by atoms with Crippen molar-refractivity contribution in [1.82, 2.24) is 29.9 Å². The fourth-order valence-corrected chi connectivity index (χ4v) is 4.29. The highest BCUT2D eigenvalue weighted by atomic mass is 19.1. The van der Waals surface area contributed by atoms with Gasteiger partial charge in [-0.05, 0) is 49.6 Å². The first-order chi connectivity index (χ1) is 16.0. The van der Waals surface area contributed by atoms with E-state index in [1.54, 1.807) is 16.8 Å². The lowest BCUT2D eigenvalue weighted by atomic mass is 9.96. The van der Waals surface area contributed by atoms with Gasteiger partial charge in [-0.25, -0.2) is 14.1 Å². The fourth-order valence-electron chi connectivity index (χ4n) is 4.29. The molecule has 0 spiro atoms. The third-order valence-corrected chi connectivity index (χ3v) is 6.00. The normalized spacial score (nSPS) is 16.3. The molecule has 2 aromatic carbocycles. The van der Waals surface area contributed by atoms with Gasteiger partial charge in [0.25, 0.3) is 11.5 Å². The van der Waals surface area contributed by atoms with E-state index in [4.69, 9.17) is 0 Å². The summed E-state index contributed by atoms with van der Waals surface area (Å²) in [4.78, 5) is 35.1. The lowest BCUT2D eigenvalue weighted by Crippen LogP contribution is -2.40. The van der Waals surface area contributed by atoms with Crippen LogP contribution in [0, 0.1) is 12.7 Å². The number of benzene rings is 2. The van der Waals surface area contributed by atoms with E-state index in [9.17, 15) is 14.0 Å². The number of piperidine rings is 1. The van der Waals surface area contributed by atoms with Gasteiger partial charge in [0, 0.05) is 24.6 Å². The monoisotopic (exact) mass is 446 g/mol. The van der Waals surface area contributed by atoms with Crippen molar-refractivity contribution in [2.75, 3.05) is 13.1 Å². The van der Waals surface area contributed by atoms with E-state index >= 15 is 0 Å². The second-order valence-electron chi connectivity index (χ2n) is 8.46. The Hall–Kier alpha value is -3.88. The van der Waals surface area contributed by atoms with Crippen LogP contribution in [-0.2, 0) is 6.54 Å². The molecule has 1 fully saturated rings. The van der Waals surface area contributed by atoms with E-state index in [1.165, 1.54) is 12.1 Å². The van der Waals surface area contributed by atoms with Crippen molar-refractivity contribution in [3.8, 4) is 0 Å². The number of amides is 1. The quantitative estimate of drug-likeness (QED) is 0.520. The van der Waals surface area contributed by atoms with Gasteiger partial charge in [-0.3, -0.25) is 9.59 Å². The predicted molar refractivity (Wildman–Crippen MR) is 121 cm³/mol. The number of carbonyl (C=O) groups excluding carboxylic acids is 1. The first kappa shape index (κ1) is 21.0. The molecule has 168 valence electrons. The molecular weight excluding hydrogens is 423 g/mol. The zero-order valence-corrected chi connectivity index (χ0v) is 18.2. The van der Waals surface area contributed by atoms with E-state index in [2.05, 4.69) is 20.3 Å². The van der Waals surface area contributed by atoms with Gasteiger partial charge in [-0.15, -0.1) is 5.10 Å². The SMILES string of the molecule is Cc1cccc(C(=O)N2CCC[C@@H](c3nc4c(nnn4Cc4ccc(F)cc4)c(=O)[nH]3)C2)c1. The van der Waals surface area contributed by atoms with Crippen LogP contribution in [0.1, 0.15) is 46.1 Å². The summed E-state index contributed by atoms with van der Waals surface area (Å²) in [6.07, 6.45) is 1.63. The lowest BCUT2D eigenvalue weighted by molar-refractivity contribution is 0.0704. The van der Waals surface area contributed by atoms with Gasteiger partial charge < -0.3 is 9.88 Å². The maximum Gasteiger partial charge on any atom is 0.281 e. The van der Waals surface area contributed by atoms with E-state index in [0.717, 1.165) is 24.0 Å². The Bertz CT molecular complexity index is 1380. The number of nitrogens with zero attached hydrogens (tertiary/aromatic N) is 5. The highest BCUT2D eigenvalue weighted by molar-refractivity contribution is 5.94. The third kappa shape index (κ3) is 4.26. The fraction of sp³-hybridized carbons (Fsp3) is 0.292. The second-order valence-corrected chi connectivity index (χ2v) is 8.46. The average Bonchev–Trinajstić information content (AvgIpc) is 3.23. The summed E-state index contributed by atoms with van der Waals surface area (Å²) in [6, 6.07) is 13.6. The summed E-state index contributed by atoms with van der Waals surface area (Å²) in [6.45, 7) is 3.42. The molecule has 0 aliphatic carbocycles. The highest BCUT2D eigenvalue weighted by Gasteiger charge is 2.28. The number of fused-ring (bicyclic) bond motifs is 1. The van der Waals surface area contributed by atoms with Crippen LogP contribution in [0.15, 0.2) is 53.3 Å². The Morgan fingerprint density at radius 2 is 2.03 bits per heavy atom. The molecular formula is C24H23FN6O2. The van der Waals surface area contributed by atoms with Crippen LogP contribution in [0.5, 0.6) is 0 Å². The zero-order chi connectivity index (χ0) is 22.9. The average molecular weight is 446 g/mol. The maximum absolute atomic E-state index is 13.2. The smallest absolute Gasteiger partial charge is 0.281 e. The molecule has 0 radical (unpaired) electrons. The summed E-state index contributed by atoms with van der Waals surface area (Å²) in [5.41, 5.74) is 2.69. The molecule has 2 aromatic heterocycles. The van der Waals surface area contributed by atoms with Crippen LogP contribution >= 0.6 is 0 Å². The van der Waals surface area contributed by atoms with Gasteiger partial charge in [0.1, 0.15) is 11.6 Å². The maximum atomic E-state index is 13.2.